The zero-order valence-electron chi connectivity index (χ0n) is 13.8. The Bertz CT molecular complexity index is 906. The molecule has 5 heteroatoms. The molecule has 0 saturated carbocycles. The molecule has 0 aliphatic heterocycles. The van der Waals surface area contributed by atoms with E-state index >= 15 is 0 Å². The van der Waals surface area contributed by atoms with Gasteiger partial charge in [0.15, 0.2) is 0 Å². The van der Waals surface area contributed by atoms with E-state index in [2.05, 4.69) is 22.2 Å². The van der Waals surface area contributed by atoms with Crippen LogP contribution in [0.25, 0.3) is 11.3 Å². The summed E-state index contributed by atoms with van der Waals surface area (Å²) in [5, 5.41) is 8.30. The molecule has 0 aliphatic carbocycles. The molecule has 1 aromatic heterocycles. The van der Waals surface area contributed by atoms with Gasteiger partial charge < -0.3 is 4.74 Å². The summed E-state index contributed by atoms with van der Waals surface area (Å²) < 4.78 is 6.49. The first-order chi connectivity index (χ1) is 12.3. The van der Waals surface area contributed by atoms with Gasteiger partial charge in [-0.1, -0.05) is 59.7 Å². The van der Waals surface area contributed by atoms with E-state index in [1.807, 2.05) is 60.7 Å². The van der Waals surface area contributed by atoms with Crippen molar-refractivity contribution in [3.63, 3.8) is 0 Å². The van der Waals surface area contributed by atoms with E-state index in [9.17, 15) is 4.79 Å². The summed E-state index contributed by atoms with van der Waals surface area (Å²) in [6, 6.07) is 19.3. The van der Waals surface area contributed by atoms with Crippen LogP contribution in [0.15, 0.2) is 60.7 Å². The second kappa shape index (κ2) is 7.93. The Morgan fingerprint density at radius 1 is 1.04 bits per heavy atom. The lowest BCUT2D eigenvalue weighted by atomic mass is 10.1. The van der Waals surface area contributed by atoms with Crippen molar-refractivity contribution in [2.45, 2.75) is 13.5 Å². The normalized spacial score (nSPS) is 9.96. The SMILES string of the molecule is CCOC(=O)Cn1nnc(-c2ccccc2)c1C#Cc1ccccc1. The lowest BCUT2D eigenvalue weighted by molar-refractivity contribution is -0.144. The first-order valence-electron chi connectivity index (χ1n) is 7.99. The molecule has 2 aromatic carbocycles. The minimum Gasteiger partial charge on any atom is -0.465 e. The smallest absolute Gasteiger partial charge is 0.327 e. The number of hydrogen-bond donors (Lipinski definition) is 0. The van der Waals surface area contributed by atoms with Crippen LogP contribution in [0.1, 0.15) is 18.2 Å². The van der Waals surface area contributed by atoms with Crippen molar-refractivity contribution in [1.29, 1.82) is 0 Å². The van der Waals surface area contributed by atoms with Crippen LogP contribution in [0.5, 0.6) is 0 Å². The Hall–Kier alpha value is -3.39. The van der Waals surface area contributed by atoms with Crippen LogP contribution in [0.4, 0.5) is 0 Å². The number of esters is 1. The zero-order chi connectivity index (χ0) is 17.5. The molecule has 1 heterocycles. The van der Waals surface area contributed by atoms with E-state index in [0.29, 0.717) is 18.0 Å². The molecular weight excluding hydrogens is 314 g/mol. The lowest BCUT2D eigenvalue weighted by Gasteiger charge is -2.03. The molecule has 0 aliphatic rings. The van der Waals surface area contributed by atoms with Crippen LogP contribution < -0.4 is 0 Å². The summed E-state index contributed by atoms with van der Waals surface area (Å²) in [4.78, 5) is 11.8. The van der Waals surface area contributed by atoms with Crippen molar-refractivity contribution in [2.75, 3.05) is 6.61 Å². The Labute approximate surface area is 146 Å². The molecule has 124 valence electrons. The largest absolute Gasteiger partial charge is 0.465 e. The Balaban J connectivity index is 2.01. The van der Waals surface area contributed by atoms with Crippen molar-refractivity contribution < 1.29 is 9.53 Å². The highest BCUT2D eigenvalue weighted by Gasteiger charge is 2.15. The Morgan fingerprint density at radius 2 is 1.72 bits per heavy atom. The van der Waals surface area contributed by atoms with Crippen LogP contribution in [0.2, 0.25) is 0 Å². The van der Waals surface area contributed by atoms with Crippen LogP contribution in [-0.2, 0) is 16.1 Å². The molecule has 0 fully saturated rings. The van der Waals surface area contributed by atoms with Crippen molar-refractivity contribution in [3.8, 4) is 23.1 Å². The van der Waals surface area contributed by atoms with Crippen LogP contribution in [0.3, 0.4) is 0 Å². The van der Waals surface area contributed by atoms with Gasteiger partial charge in [0, 0.05) is 11.1 Å². The van der Waals surface area contributed by atoms with E-state index in [4.69, 9.17) is 4.74 Å². The molecule has 0 spiro atoms. The maximum atomic E-state index is 11.8. The average Bonchev–Trinajstić information content (AvgIpc) is 3.04. The number of rotatable bonds is 4. The minimum absolute atomic E-state index is 0.0214. The van der Waals surface area contributed by atoms with Gasteiger partial charge in [0.1, 0.15) is 17.9 Å². The lowest BCUT2D eigenvalue weighted by Crippen LogP contribution is -2.15. The van der Waals surface area contributed by atoms with Crippen molar-refractivity contribution in [3.05, 3.63) is 71.9 Å². The molecule has 0 radical (unpaired) electrons. The number of aromatic nitrogens is 3. The third kappa shape index (κ3) is 4.12. The number of benzene rings is 2. The van der Waals surface area contributed by atoms with E-state index in [-0.39, 0.29) is 12.5 Å². The summed E-state index contributed by atoms with van der Waals surface area (Å²) in [5.41, 5.74) is 3.01. The molecular formula is C20H17N3O2. The van der Waals surface area contributed by atoms with Gasteiger partial charge in [0.25, 0.3) is 0 Å². The number of carbonyl (C=O) groups is 1. The monoisotopic (exact) mass is 331 g/mol. The molecule has 3 rings (SSSR count). The first kappa shape index (κ1) is 16.5. The summed E-state index contributed by atoms with van der Waals surface area (Å²) in [6.45, 7) is 2.07. The predicted octanol–water partition coefficient (Wildman–Crippen LogP) is 2.91. The highest BCUT2D eigenvalue weighted by molar-refractivity contribution is 5.71. The molecule has 0 amide bonds. The molecule has 0 atom stereocenters. The molecule has 0 saturated heterocycles. The van der Waals surface area contributed by atoms with Crippen LogP contribution in [-0.4, -0.2) is 27.6 Å². The number of ether oxygens (including phenoxy) is 1. The Morgan fingerprint density at radius 3 is 2.40 bits per heavy atom. The fraction of sp³-hybridized carbons (Fsp3) is 0.150. The van der Waals surface area contributed by atoms with Crippen molar-refractivity contribution in [2.24, 2.45) is 0 Å². The number of hydrogen-bond acceptors (Lipinski definition) is 4. The Kier molecular flexibility index (Phi) is 5.22. The van der Waals surface area contributed by atoms with Gasteiger partial charge in [-0.2, -0.15) is 0 Å². The van der Waals surface area contributed by atoms with Gasteiger partial charge in [0.2, 0.25) is 0 Å². The molecule has 0 N–H and O–H groups in total. The number of carbonyl (C=O) groups excluding carboxylic acids is 1. The van der Waals surface area contributed by atoms with Gasteiger partial charge in [-0.3, -0.25) is 4.79 Å². The second-order valence-corrected chi connectivity index (χ2v) is 5.23. The molecule has 0 bridgehead atoms. The van der Waals surface area contributed by atoms with Crippen molar-refractivity contribution >= 4 is 5.97 Å². The number of nitrogens with zero attached hydrogens (tertiary/aromatic N) is 3. The molecule has 5 nitrogen and oxygen atoms in total. The fourth-order valence-corrected chi connectivity index (χ4v) is 2.32. The fourth-order valence-electron chi connectivity index (χ4n) is 2.32. The first-order valence-corrected chi connectivity index (χ1v) is 7.99. The van der Waals surface area contributed by atoms with Crippen LogP contribution in [0, 0.1) is 11.8 Å². The standard InChI is InChI=1S/C20H17N3O2/c1-2-25-19(24)15-23-18(14-13-16-9-5-3-6-10-16)20(21-22-23)17-11-7-4-8-12-17/h3-12H,2,15H2,1H3. The van der Waals surface area contributed by atoms with Crippen molar-refractivity contribution in [1.82, 2.24) is 15.0 Å². The second-order valence-electron chi connectivity index (χ2n) is 5.23. The van der Waals surface area contributed by atoms with Crippen LogP contribution >= 0.6 is 0 Å². The maximum absolute atomic E-state index is 11.8. The highest BCUT2D eigenvalue weighted by atomic mass is 16.5. The average molecular weight is 331 g/mol. The van der Waals surface area contributed by atoms with E-state index in [1.165, 1.54) is 4.68 Å². The van der Waals surface area contributed by atoms with Gasteiger partial charge in [-0.05, 0) is 25.0 Å². The molecule has 3 aromatic rings. The topological polar surface area (TPSA) is 57.0 Å². The molecule has 25 heavy (non-hydrogen) atoms. The summed E-state index contributed by atoms with van der Waals surface area (Å²) in [7, 11) is 0. The summed E-state index contributed by atoms with van der Waals surface area (Å²) >= 11 is 0. The van der Waals surface area contributed by atoms with Gasteiger partial charge in [-0.25, -0.2) is 4.68 Å². The van der Waals surface area contributed by atoms with E-state index < -0.39 is 0 Å². The summed E-state index contributed by atoms with van der Waals surface area (Å²) in [5.74, 6) is 5.84. The third-order valence-electron chi connectivity index (χ3n) is 3.47. The molecule has 0 unspecified atom stereocenters. The summed E-state index contributed by atoms with van der Waals surface area (Å²) in [6.07, 6.45) is 0. The quantitative estimate of drug-likeness (QED) is 0.545. The predicted molar refractivity (Wildman–Crippen MR) is 94.5 cm³/mol. The van der Waals surface area contributed by atoms with E-state index in [1.54, 1.807) is 6.92 Å². The van der Waals surface area contributed by atoms with E-state index in [0.717, 1.165) is 11.1 Å². The van der Waals surface area contributed by atoms with Gasteiger partial charge >= 0.3 is 5.97 Å². The maximum Gasteiger partial charge on any atom is 0.327 e. The minimum atomic E-state index is -0.366. The van der Waals surface area contributed by atoms with Gasteiger partial charge in [0.05, 0.1) is 6.61 Å². The zero-order valence-corrected chi connectivity index (χ0v) is 13.8. The third-order valence-corrected chi connectivity index (χ3v) is 3.47. The highest BCUT2D eigenvalue weighted by Crippen LogP contribution is 2.20. The van der Waals surface area contributed by atoms with Gasteiger partial charge in [-0.15, -0.1) is 5.10 Å².